The lowest BCUT2D eigenvalue weighted by atomic mass is 10.1. The molecule has 1 aromatic rings. The van der Waals surface area contributed by atoms with Crippen LogP contribution in [0.3, 0.4) is 0 Å². The normalized spacial score (nSPS) is 26.6. The molecule has 2 rings (SSSR count). The maximum Gasteiger partial charge on any atom is 0.358 e. The van der Waals surface area contributed by atoms with Gasteiger partial charge in [0.25, 0.3) is 5.69 Å². The fourth-order valence-electron chi connectivity index (χ4n) is 2.07. The van der Waals surface area contributed by atoms with Crippen LogP contribution < -0.4 is 4.74 Å². The van der Waals surface area contributed by atoms with Crippen LogP contribution in [0.5, 0.6) is 5.75 Å². The van der Waals surface area contributed by atoms with Crippen molar-refractivity contribution >= 4 is 23.1 Å². The number of hydrogen-bond donors (Lipinski definition) is 2. The standard InChI is InChI=1S/C14H17NO8S/c1-2-20-13-12(11(17)10(16)7-21-13)23-14(24)22-9-5-3-8(4-6-9)15(18)19/h3-6,10-13,16-17H,2,7H2,1H3/t10-,11+,12-,13+/m1/s1. The number of nitrogens with zero attached hydrogens (tertiary/aromatic N) is 1. The van der Waals surface area contributed by atoms with Crippen LogP contribution in [-0.2, 0) is 14.2 Å². The second-order valence-corrected chi connectivity index (χ2v) is 5.23. The molecule has 0 amide bonds. The molecule has 0 aliphatic carbocycles. The van der Waals surface area contributed by atoms with Crippen molar-refractivity contribution in [1.82, 2.24) is 0 Å². The van der Waals surface area contributed by atoms with Crippen LogP contribution in [0, 0.1) is 10.1 Å². The van der Waals surface area contributed by atoms with Gasteiger partial charge in [-0.15, -0.1) is 0 Å². The minimum atomic E-state index is -1.27. The Labute approximate surface area is 142 Å². The number of non-ortho nitro benzene ring substituents is 1. The average molecular weight is 359 g/mol. The molecule has 0 aromatic heterocycles. The maximum absolute atomic E-state index is 10.6. The van der Waals surface area contributed by atoms with Gasteiger partial charge in [0.1, 0.15) is 18.0 Å². The number of ether oxygens (including phenoxy) is 4. The number of aliphatic hydroxyl groups excluding tert-OH is 2. The largest absolute Gasteiger partial charge is 0.445 e. The number of nitro benzene ring substituents is 1. The Bertz CT molecular complexity index is 581. The number of rotatable bonds is 5. The van der Waals surface area contributed by atoms with Gasteiger partial charge in [0.05, 0.1) is 11.5 Å². The van der Waals surface area contributed by atoms with E-state index < -0.39 is 29.5 Å². The minimum Gasteiger partial charge on any atom is -0.445 e. The zero-order valence-electron chi connectivity index (χ0n) is 12.7. The molecule has 9 nitrogen and oxygen atoms in total. The first-order valence-electron chi connectivity index (χ1n) is 7.14. The van der Waals surface area contributed by atoms with E-state index in [4.69, 9.17) is 31.2 Å². The quantitative estimate of drug-likeness (QED) is 0.446. The van der Waals surface area contributed by atoms with E-state index in [1.54, 1.807) is 6.92 Å². The van der Waals surface area contributed by atoms with Gasteiger partial charge in [-0.25, -0.2) is 0 Å². The second-order valence-electron chi connectivity index (χ2n) is 4.90. The Kier molecular flexibility index (Phi) is 6.40. The summed E-state index contributed by atoms with van der Waals surface area (Å²) in [5.41, 5.74) is -0.0928. The third-order valence-corrected chi connectivity index (χ3v) is 3.42. The summed E-state index contributed by atoms with van der Waals surface area (Å²) >= 11 is 4.95. The Morgan fingerprint density at radius 3 is 2.67 bits per heavy atom. The SMILES string of the molecule is CCO[C@H]1OC[C@@H](O)[C@H](O)[C@H]1OC(=S)Oc1ccc([N+](=O)[O-])cc1. The molecule has 1 saturated heterocycles. The van der Waals surface area contributed by atoms with Crippen LogP contribution in [-0.4, -0.2) is 58.2 Å². The highest BCUT2D eigenvalue weighted by atomic mass is 32.1. The second kappa shape index (κ2) is 8.31. The van der Waals surface area contributed by atoms with E-state index in [9.17, 15) is 20.3 Å². The Morgan fingerprint density at radius 1 is 1.42 bits per heavy atom. The monoisotopic (exact) mass is 359 g/mol. The van der Waals surface area contributed by atoms with E-state index in [2.05, 4.69) is 0 Å². The fraction of sp³-hybridized carbons (Fsp3) is 0.500. The molecular weight excluding hydrogens is 342 g/mol. The molecule has 0 bridgehead atoms. The van der Waals surface area contributed by atoms with Crippen molar-refractivity contribution < 1.29 is 34.1 Å². The molecule has 1 aliphatic rings. The summed E-state index contributed by atoms with van der Waals surface area (Å²) in [5, 5.41) is 29.9. The molecule has 1 fully saturated rings. The highest BCUT2D eigenvalue weighted by Gasteiger charge is 2.42. The molecule has 132 valence electrons. The number of hydrogen-bond acceptors (Lipinski definition) is 9. The third-order valence-electron chi connectivity index (χ3n) is 3.24. The maximum atomic E-state index is 10.6. The van der Waals surface area contributed by atoms with E-state index in [0.29, 0.717) is 6.61 Å². The van der Waals surface area contributed by atoms with Crippen molar-refractivity contribution in [3.8, 4) is 5.75 Å². The Balaban J connectivity index is 1.99. The van der Waals surface area contributed by atoms with Gasteiger partial charge in [-0.05, 0) is 19.1 Å². The Hall–Kier alpha value is -1.85. The Morgan fingerprint density at radius 2 is 2.08 bits per heavy atom. The van der Waals surface area contributed by atoms with Crippen molar-refractivity contribution in [2.24, 2.45) is 0 Å². The number of nitro groups is 1. The number of benzene rings is 1. The average Bonchev–Trinajstić information content (AvgIpc) is 2.55. The molecule has 0 unspecified atom stereocenters. The summed E-state index contributed by atoms with van der Waals surface area (Å²) < 4.78 is 21.1. The molecule has 2 N–H and O–H groups in total. The van der Waals surface area contributed by atoms with Gasteiger partial charge in [0.2, 0.25) is 0 Å². The van der Waals surface area contributed by atoms with Crippen LogP contribution in [0.15, 0.2) is 24.3 Å². The lowest BCUT2D eigenvalue weighted by Crippen LogP contribution is -2.55. The van der Waals surface area contributed by atoms with Crippen molar-refractivity contribution in [2.45, 2.75) is 31.5 Å². The van der Waals surface area contributed by atoms with Crippen LogP contribution in [0.1, 0.15) is 6.92 Å². The zero-order valence-corrected chi connectivity index (χ0v) is 13.5. The lowest BCUT2D eigenvalue weighted by Gasteiger charge is -2.37. The van der Waals surface area contributed by atoms with Crippen molar-refractivity contribution in [2.75, 3.05) is 13.2 Å². The predicted octanol–water partition coefficient (Wildman–Crippen LogP) is 0.758. The number of aliphatic hydroxyl groups is 2. The minimum absolute atomic E-state index is 0.0928. The lowest BCUT2D eigenvalue weighted by molar-refractivity contribution is -0.384. The van der Waals surface area contributed by atoms with Gasteiger partial charge in [0.15, 0.2) is 12.4 Å². The predicted molar refractivity (Wildman–Crippen MR) is 84.6 cm³/mol. The van der Waals surface area contributed by atoms with Gasteiger partial charge in [-0.1, -0.05) is 0 Å². The highest BCUT2D eigenvalue weighted by molar-refractivity contribution is 7.79. The van der Waals surface area contributed by atoms with E-state index in [1.807, 2.05) is 0 Å². The molecule has 0 spiro atoms. The summed E-state index contributed by atoms with van der Waals surface area (Å²) in [6.07, 6.45) is -4.39. The van der Waals surface area contributed by atoms with Crippen LogP contribution >= 0.6 is 12.2 Å². The first kappa shape index (κ1) is 18.5. The summed E-state index contributed by atoms with van der Waals surface area (Å²) in [6, 6.07) is 5.22. The van der Waals surface area contributed by atoms with Gasteiger partial charge >= 0.3 is 5.24 Å². The van der Waals surface area contributed by atoms with Crippen molar-refractivity contribution in [3.63, 3.8) is 0 Å². The molecule has 1 heterocycles. The van der Waals surface area contributed by atoms with E-state index in [-0.39, 0.29) is 23.3 Å². The van der Waals surface area contributed by atoms with Crippen molar-refractivity contribution in [1.29, 1.82) is 0 Å². The third kappa shape index (κ3) is 4.58. The molecule has 0 radical (unpaired) electrons. The number of thiocarbonyl (C=S) groups is 1. The van der Waals surface area contributed by atoms with E-state index >= 15 is 0 Å². The summed E-state index contributed by atoms with van der Waals surface area (Å²) in [5.74, 6) is 0.227. The zero-order chi connectivity index (χ0) is 17.7. The van der Waals surface area contributed by atoms with Gasteiger partial charge in [-0.3, -0.25) is 10.1 Å². The van der Waals surface area contributed by atoms with Gasteiger partial charge in [0, 0.05) is 31.0 Å². The first-order chi connectivity index (χ1) is 11.4. The molecule has 10 heteroatoms. The van der Waals surface area contributed by atoms with E-state index in [1.165, 1.54) is 24.3 Å². The molecule has 24 heavy (non-hydrogen) atoms. The fourth-order valence-corrected chi connectivity index (χ4v) is 2.27. The summed E-state index contributed by atoms with van der Waals surface area (Å²) in [4.78, 5) is 10.1. The van der Waals surface area contributed by atoms with Crippen LogP contribution in [0.25, 0.3) is 0 Å². The molecule has 4 atom stereocenters. The van der Waals surface area contributed by atoms with Crippen molar-refractivity contribution in [3.05, 3.63) is 34.4 Å². The van der Waals surface area contributed by atoms with E-state index in [0.717, 1.165) is 0 Å². The molecule has 1 aromatic carbocycles. The summed E-state index contributed by atoms with van der Waals surface area (Å²) in [7, 11) is 0. The topological polar surface area (TPSA) is 121 Å². The van der Waals surface area contributed by atoms with Crippen LogP contribution in [0.4, 0.5) is 5.69 Å². The van der Waals surface area contributed by atoms with Gasteiger partial charge < -0.3 is 29.2 Å². The highest BCUT2D eigenvalue weighted by Crippen LogP contribution is 2.22. The smallest absolute Gasteiger partial charge is 0.358 e. The van der Waals surface area contributed by atoms with Crippen LogP contribution in [0.2, 0.25) is 0 Å². The first-order valence-corrected chi connectivity index (χ1v) is 7.55. The molecular formula is C14H17NO8S. The molecule has 0 saturated carbocycles. The molecule has 1 aliphatic heterocycles. The summed E-state index contributed by atoms with van der Waals surface area (Å²) in [6.45, 7) is 1.95. The van der Waals surface area contributed by atoms with Gasteiger partial charge in [-0.2, -0.15) is 0 Å².